The fourth-order valence-electron chi connectivity index (χ4n) is 2.84. The minimum atomic E-state index is -0.692. The number of benzene rings is 1. The van der Waals surface area contributed by atoms with Crippen LogP contribution < -0.4 is 16.0 Å². The van der Waals surface area contributed by atoms with E-state index >= 15 is 0 Å². The lowest BCUT2D eigenvalue weighted by Gasteiger charge is -2.30. The van der Waals surface area contributed by atoms with Crippen molar-refractivity contribution in [1.82, 2.24) is 19.7 Å². The van der Waals surface area contributed by atoms with Crippen molar-refractivity contribution in [3.63, 3.8) is 0 Å². The summed E-state index contributed by atoms with van der Waals surface area (Å²) in [5.74, 6) is 0.544. The van der Waals surface area contributed by atoms with Crippen LogP contribution in [0.5, 0.6) is 0 Å². The zero-order valence-corrected chi connectivity index (χ0v) is 14.9. The maximum atomic E-state index is 11.8. The van der Waals surface area contributed by atoms with Gasteiger partial charge in [-0.15, -0.1) is 0 Å². The average molecular weight is 370 g/mol. The first-order valence-corrected chi connectivity index (χ1v) is 8.18. The second kappa shape index (κ2) is 6.58. The molecular formula is C15H17Cl2N5O2. The normalized spacial score (nSPS) is 14.5. The largest absolute Gasteiger partial charge is 0.377 e. The Kier molecular flexibility index (Phi) is 4.67. The van der Waals surface area contributed by atoms with Crippen LogP contribution in [-0.4, -0.2) is 40.3 Å². The van der Waals surface area contributed by atoms with Gasteiger partial charge in [-0.1, -0.05) is 23.2 Å². The van der Waals surface area contributed by atoms with Crippen LogP contribution in [0.2, 0.25) is 10.0 Å². The maximum absolute atomic E-state index is 11.8. The predicted molar refractivity (Wildman–Crippen MR) is 94.0 cm³/mol. The SMILES string of the molecule is CN(C)c1cc(Cl)cc(Cl)c1CN1CCn2c(n[nH]c(=O)c2=O)C1. The van der Waals surface area contributed by atoms with Crippen molar-refractivity contribution in [3.05, 3.63) is 54.3 Å². The zero-order valence-electron chi connectivity index (χ0n) is 13.3. The molecule has 0 unspecified atom stereocenters. The summed E-state index contributed by atoms with van der Waals surface area (Å²) in [7, 11) is 3.87. The Labute approximate surface area is 148 Å². The summed E-state index contributed by atoms with van der Waals surface area (Å²) in [5, 5.41) is 7.41. The molecule has 2 aromatic rings. The van der Waals surface area contributed by atoms with Crippen molar-refractivity contribution in [2.45, 2.75) is 19.6 Å². The third-order valence-corrected chi connectivity index (χ3v) is 4.60. The van der Waals surface area contributed by atoms with Crippen molar-refractivity contribution >= 4 is 28.9 Å². The molecule has 1 aromatic heterocycles. The van der Waals surface area contributed by atoms with Gasteiger partial charge in [0, 0.05) is 55.0 Å². The van der Waals surface area contributed by atoms with Gasteiger partial charge < -0.3 is 4.90 Å². The first kappa shape index (κ1) is 17.0. The van der Waals surface area contributed by atoms with Gasteiger partial charge in [0.1, 0.15) is 5.82 Å². The second-order valence-corrected chi connectivity index (χ2v) is 6.76. The van der Waals surface area contributed by atoms with Crippen molar-refractivity contribution in [3.8, 4) is 0 Å². The van der Waals surface area contributed by atoms with Gasteiger partial charge >= 0.3 is 11.1 Å². The predicted octanol–water partition coefficient (Wildman–Crippen LogP) is 1.32. The summed E-state index contributed by atoms with van der Waals surface area (Å²) in [4.78, 5) is 27.3. The van der Waals surface area contributed by atoms with Crippen LogP contribution in [0, 0.1) is 0 Å². The van der Waals surface area contributed by atoms with Gasteiger partial charge in [0.05, 0.1) is 6.54 Å². The number of nitrogens with one attached hydrogen (secondary N) is 1. The highest BCUT2D eigenvalue weighted by Crippen LogP contribution is 2.32. The number of anilines is 1. The van der Waals surface area contributed by atoms with E-state index in [0.29, 0.717) is 42.0 Å². The lowest BCUT2D eigenvalue weighted by molar-refractivity contribution is 0.201. The standard InChI is InChI=1S/C15H17Cl2N5O2/c1-20(2)12-6-9(16)5-11(17)10(12)7-21-3-4-22-13(8-21)18-19-14(23)15(22)24/h5-6H,3-4,7-8H2,1-2H3,(H,19,23). The molecule has 7 nitrogen and oxygen atoms in total. The smallest absolute Gasteiger partial charge is 0.330 e. The molecule has 1 aliphatic rings. The van der Waals surface area contributed by atoms with Crippen LogP contribution >= 0.6 is 23.2 Å². The highest BCUT2D eigenvalue weighted by atomic mass is 35.5. The van der Waals surface area contributed by atoms with Crippen LogP contribution in [0.1, 0.15) is 11.4 Å². The van der Waals surface area contributed by atoms with Crippen molar-refractivity contribution in [2.75, 3.05) is 25.5 Å². The van der Waals surface area contributed by atoms with E-state index in [-0.39, 0.29) is 0 Å². The minimum Gasteiger partial charge on any atom is -0.377 e. The monoisotopic (exact) mass is 369 g/mol. The van der Waals surface area contributed by atoms with Crippen LogP contribution in [0.15, 0.2) is 21.7 Å². The molecule has 0 atom stereocenters. The van der Waals surface area contributed by atoms with E-state index in [4.69, 9.17) is 23.2 Å². The van der Waals surface area contributed by atoms with Crippen LogP contribution in [-0.2, 0) is 19.6 Å². The Morgan fingerprint density at radius 1 is 1.25 bits per heavy atom. The summed E-state index contributed by atoms with van der Waals surface area (Å²) < 4.78 is 1.42. The highest BCUT2D eigenvalue weighted by Gasteiger charge is 2.22. The molecule has 1 aliphatic heterocycles. The summed E-state index contributed by atoms with van der Waals surface area (Å²) >= 11 is 12.5. The Morgan fingerprint density at radius 2 is 2.00 bits per heavy atom. The quantitative estimate of drug-likeness (QED) is 0.825. The van der Waals surface area contributed by atoms with Gasteiger partial charge in [-0.2, -0.15) is 5.10 Å². The third kappa shape index (κ3) is 3.19. The number of nitrogens with zero attached hydrogens (tertiary/aromatic N) is 4. The molecule has 1 aromatic carbocycles. The van der Waals surface area contributed by atoms with E-state index in [1.807, 2.05) is 25.1 Å². The lowest BCUT2D eigenvalue weighted by atomic mass is 10.1. The molecule has 128 valence electrons. The molecule has 9 heteroatoms. The Balaban J connectivity index is 1.90. The molecular weight excluding hydrogens is 353 g/mol. The number of aromatic amines is 1. The summed E-state index contributed by atoms with van der Waals surface area (Å²) in [6.45, 7) is 2.10. The fourth-order valence-corrected chi connectivity index (χ4v) is 3.38. The molecule has 1 N–H and O–H groups in total. The number of halogens is 2. The highest BCUT2D eigenvalue weighted by molar-refractivity contribution is 6.35. The van der Waals surface area contributed by atoms with E-state index in [2.05, 4.69) is 15.1 Å². The maximum Gasteiger partial charge on any atom is 0.330 e. The summed E-state index contributed by atoms with van der Waals surface area (Å²) in [6, 6.07) is 3.60. The van der Waals surface area contributed by atoms with Gasteiger partial charge in [0.25, 0.3) is 0 Å². The van der Waals surface area contributed by atoms with Gasteiger partial charge in [0.15, 0.2) is 0 Å². The Hall–Kier alpha value is -1.83. The molecule has 24 heavy (non-hydrogen) atoms. The first-order chi connectivity index (χ1) is 11.4. The lowest BCUT2D eigenvalue weighted by Crippen LogP contribution is -2.46. The molecule has 0 fully saturated rings. The molecule has 0 amide bonds. The van der Waals surface area contributed by atoms with Crippen molar-refractivity contribution in [1.29, 1.82) is 0 Å². The van der Waals surface area contributed by atoms with Crippen LogP contribution in [0.3, 0.4) is 0 Å². The van der Waals surface area contributed by atoms with E-state index in [9.17, 15) is 9.59 Å². The number of rotatable bonds is 3. The number of aromatic nitrogens is 3. The van der Waals surface area contributed by atoms with Crippen molar-refractivity contribution < 1.29 is 0 Å². The minimum absolute atomic E-state index is 0.424. The summed E-state index contributed by atoms with van der Waals surface area (Å²) in [6.07, 6.45) is 0. The van der Waals surface area contributed by atoms with E-state index in [1.165, 1.54) is 4.57 Å². The molecule has 0 radical (unpaired) electrons. The van der Waals surface area contributed by atoms with E-state index < -0.39 is 11.1 Å². The van der Waals surface area contributed by atoms with Crippen molar-refractivity contribution in [2.24, 2.45) is 0 Å². The zero-order chi connectivity index (χ0) is 17.4. The van der Waals surface area contributed by atoms with Crippen LogP contribution in [0.25, 0.3) is 0 Å². The van der Waals surface area contributed by atoms with Gasteiger partial charge in [0.2, 0.25) is 0 Å². The van der Waals surface area contributed by atoms with Crippen LogP contribution in [0.4, 0.5) is 5.69 Å². The van der Waals surface area contributed by atoms with Gasteiger partial charge in [-0.05, 0) is 12.1 Å². The average Bonchev–Trinajstić information content (AvgIpc) is 2.53. The van der Waals surface area contributed by atoms with E-state index in [1.54, 1.807) is 6.07 Å². The van der Waals surface area contributed by atoms with E-state index in [0.717, 1.165) is 11.3 Å². The molecule has 0 spiro atoms. The number of hydrogen-bond acceptors (Lipinski definition) is 5. The number of fused-ring (bicyclic) bond motifs is 1. The molecule has 3 rings (SSSR count). The molecule has 0 aliphatic carbocycles. The second-order valence-electron chi connectivity index (χ2n) is 5.92. The number of H-pyrrole nitrogens is 1. The third-order valence-electron chi connectivity index (χ3n) is 4.04. The number of hydrogen-bond donors (Lipinski definition) is 1. The van der Waals surface area contributed by atoms with Gasteiger partial charge in [-0.25, -0.2) is 5.10 Å². The van der Waals surface area contributed by atoms with Gasteiger partial charge in [-0.3, -0.25) is 19.1 Å². The topological polar surface area (TPSA) is 74.2 Å². The summed E-state index contributed by atoms with van der Waals surface area (Å²) in [5.41, 5.74) is 0.664. The molecule has 0 bridgehead atoms. The Bertz CT molecular complexity index is 890. The first-order valence-electron chi connectivity index (χ1n) is 7.43. The molecule has 2 heterocycles. The molecule has 0 saturated heterocycles. The fraction of sp³-hybridized carbons (Fsp3) is 0.400. The Morgan fingerprint density at radius 3 is 2.71 bits per heavy atom. The molecule has 0 saturated carbocycles.